The Balaban J connectivity index is 3.14. The lowest BCUT2D eigenvalue weighted by Gasteiger charge is -2.08. The molecule has 14 heavy (non-hydrogen) atoms. The first-order valence-corrected chi connectivity index (χ1v) is 4.17. The van der Waals surface area contributed by atoms with E-state index in [9.17, 15) is 9.82 Å². The van der Waals surface area contributed by atoms with Crippen molar-refractivity contribution in [3.63, 3.8) is 0 Å². The van der Waals surface area contributed by atoms with Crippen molar-refractivity contribution in [1.82, 2.24) is 0 Å². The van der Waals surface area contributed by atoms with Crippen molar-refractivity contribution in [1.29, 1.82) is 0 Å². The van der Waals surface area contributed by atoms with Gasteiger partial charge in [0.15, 0.2) is 0 Å². The number of benzene rings is 1. The average Bonchev–Trinajstić information content (AvgIpc) is 2.17. The van der Waals surface area contributed by atoms with Crippen LogP contribution in [0.5, 0.6) is 0 Å². The number of hydrogen-bond acceptors (Lipinski definition) is 3. The second kappa shape index (κ2) is 4.26. The largest absolute Gasteiger partial charge is 0.491 e. The lowest BCUT2D eigenvalue weighted by atomic mass is 9.76. The number of rotatable bonds is 3. The van der Waals surface area contributed by atoms with Crippen molar-refractivity contribution < 1.29 is 14.5 Å². The number of carbonyl (C=O) groups is 1. The fourth-order valence-electron chi connectivity index (χ4n) is 1.19. The highest BCUT2D eigenvalue weighted by molar-refractivity contribution is 6.60. The minimum atomic E-state index is -1.02. The van der Waals surface area contributed by atoms with E-state index in [1.54, 1.807) is 12.1 Å². The van der Waals surface area contributed by atoms with Crippen molar-refractivity contribution in [2.75, 3.05) is 7.11 Å². The highest BCUT2D eigenvalue weighted by Gasteiger charge is 2.18. The van der Waals surface area contributed by atoms with E-state index in [4.69, 9.17) is 10.4 Å². The van der Waals surface area contributed by atoms with Crippen LogP contribution in [0.2, 0.25) is 0 Å². The minimum absolute atomic E-state index is 0.363. The predicted molar refractivity (Wildman–Crippen MR) is 54.3 cm³/mol. The Labute approximate surface area is 82.8 Å². The van der Waals surface area contributed by atoms with Gasteiger partial charge in [0.1, 0.15) is 0 Å². The van der Waals surface area contributed by atoms with Gasteiger partial charge in [-0.25, -0.2) is 0 Å². The minimum Gasteiger partial charge on any atom is -0.423 e. The Morgan fingerprint density at radius 2 is 2.21 bits per heavy atom. The molecule has 0 aromatic heterocycles. The molecule has 0 radical (unpaired) electrons. The third kappa shape index (κ3) is 2.13. The van der Waals surface area contributed by atoms with Gasteiger partial charge in [-0.15, -0.1) is 0 Å². The molecule has 1 aromatic rings. The van der Waals surface area contributed by atoms with Crippen LogP contribution < -0.4 is 11.2 Å². The Hall–Kier alpha value is -1.33. The van der Waals surface area contributed by atoms with Gasteiger partial charge in [0.2, 0.25) is 5.91 Å². The Kier molecular flexibility index (Phi) is 3.27. The number of hydrogen-bond donors (Lipinski definition) is 2. The molecule has 0 bridgehead atoms. The standard InChI is InChI=1S/C9H12BNO3/c1-6-3-4-7(9(11)12)5-8(6)10(13)14-2/h3-5,13H,1-2H3,(H2,11,12). The molecular formula is C9H12BNO3. The summed E-state index contributed by atoms with van der Waals surface area (Å²) >= 11 is 0. The second-order valence-corrected chi connectivity index (χ2v) is 3.02. The highest BCUT2D eigenvalue weighted by atomic mass is 16.5. The maximum Gasteiger partial charge on any atom is 0.491 e. The topological polar surface area (TPSA) is 72.6 Å². The van der Waals surface area contributed by atoms with Crippen LogP contribution in [0.3, 0.4) is 0 Å². The Bertz CT molecular complexity index is 354. The normalized spacial score (nSPS) is 9.93. The summed E-state index contributed by atoms with van der Waals surface area (Å²) in [6, 6.07) is 4.87. The van der Waals surface area contributed by atoms with Gasteiger partial charge in [0.05, 0.1) is 0 Å². The fourth-order valence-corrected chi connectivity index (χ4v) is 1.19. The summed E-state index contributed by atoms with van der Waals surface area (Å²) in [6.45, 7) is 1.82. The van der Waals surface area contributed by atoms with E-state index in [0.717, 1.165) is 5.56 Å². The van der Waals surface area contributed by atoms with Crippen molar-refractivity contribution in [2.24, 2.45) is 5.73 Å². The summed E-state index contributed by atoms with van der Waals surface area (Å²) in [5.41, 5.74) is 6.89. The van der Waals surface area contributed by atoms with E-state index >= 15 is 0 Å². The maximum absolute atomic E-state index is 10.9. The molecule has 0 aliphatic carbocycles. The third-order valence-corrected chi connectivity index (χ3v) is 2.05. The van der Waals surface area contributed by atoms with Gasteiger partial charge in [-0.1, -0.05) is 11.6 Å². The molecule has 0 saturated carbocycles. The Morgan fingerprint density at radius 3 is 2.71 bits per heavy atom. The highest BCUT2D eigenvalue weighted by Crippen LogP contribution is 2.01. The first kappa shape index (κ1) is 10.8. The number of aryl methyl sites for hydroxylation is 1. The lowest BCUT2D eigenvalue weighted by Crippen LogP contribution is -2.35. The molecule has 3 N–H and O–H groups in total. The maximum atomic E-state index is 10.9. The molecule has 1 rings (SSSR count). The van der Waals surface area contributed by atoms with Gasteiger partial charge < -0.3 is 15.4 Å². The molecule has 1 amide bonds. The number of carbonyl (C=O) groups excluding carboxylic acids is 1. The van der Waals surface area contributed by atoms with Crippen LogP contribution in [0.25, 0.3) is 0 Å². The van der Waals surface area contributed by atoms with Crippen LogP contribution in [0.15, 0.2) is 18.2 Å². The van der Waals surface area contributed by atoms with E-state index < -0.39 is 13.0 Å². The van der Waals surface area contributed by atoms with Crippen molar-refractivity contribution in [3.05, 3.63) is 29.3 Å². The Morgan fingerprint density at radius 1 is 1.57 bits per heavy atom. The first-order chi connectivity index (χ1) is 6.56. The molecule has 0 heterocycles. The van der Waals surface area contributed by atoms with Gasteiger partial charge in [-0.2, -0.15) is 0 Å². The molecule has 0 aliphatic heterocycles. The number of amides is 1. The van der Waals surface area contributed by atoms with Crippen molar-refractivity contribution in [2.45, 2.75) is 6.92 Å². The molecule has 0 atom stereocenters. The summed E-state index contributed by atoms with van der Waals surface area (Å²) in [7, 11) is 0.371. The summed E-state index contributed by atoms with van der Waals surface area (Å²) in [5.74, 6) is -0.519. The van der Waals surface area contributed by atoms with E-state index in [1.165, 1.54) is 13.2 Å². The van der Waals surface area contributed by atoms with Gasteiger partial charge in [0.25, 0.3) is 0 Å². The molecule has 0 aliphatic rings. The van der Waals surface area contributed by atoms with Crippen LogP contribution in [0, 0.1) is 6.92 Å². The van der Waals surface area contributed by atoms with Crippen LogP contribution in [-0.4, -0.2) is 25.2 Å². The van der Waals surface area contributed by atoms with Crippen molar-refractivity contribution >= 4 is 18.5 Å². The van der Waals surface area contributed by atoms with Crippen LogP contribution >= 0.6 is 0 Å². The van der Waals surface area contributed by atoms with E-state index in [0.29, 0.717) is 11.0 Å². The first-order valence-electron chi connectivity index (χ1n) is 4.17. The average molecular weight is 193 g/mol. The molecule has 74 valence electrons. The van der Waals surface area contributed by atoms with Gasteiger partial charge >= 0.3 is 7.12 Å². The molecule has 0 fully saturated rings. The van der Waals surface area contributed by atoms with E-state index in [1.807, 2.05) is 6.92 Å². The quantitative estimate of drug-likeness (QED) is 0.631. The van der Waals surface area contributed by atoms with Gasteiger partial charge in [-0.3, -0.25) is 4.79 Å². The smallest absolute Gasteiger partial charge is 0.423 e. The second-order valence-electron chi connectivity index (χ2n) is 3.02. The molecule has 0 saturated heterocycles. The summed E-state index contributed by atoms with van der Waals surface area (Å²) in [5, 5.41) is 9.44. The molecule has 4 nitrogen and oxygen atoms in total. The van der Waals surface area contributed by atoms with E-state index in [2.05, 4.69) is 0 Å². The number of nitrogens with two attached hydrogens (primary N) is 1. The fraction of sp³-hybridized carbons (Fsp3) is 0.222. The zero-order valence-corrected chi connectivity index (χ0v) is 8.15. The molecule has 1 aromatic carbocycles. The molecule has 0 unspecified atom stereocenters. The van der Waals surface area contributed by atoms with Crippen molar-refractivity contribution in [3.8, 4) is 0 Å². The van der Waals surface area contributed by atoms with Crippen LogP contribution in [0.1, 0.15) is 15.9 Å². The zero-order valence-electron chi connectivity index (χ0n) is 8.15. The summed E-state index contributed by atoms with van der Waals surface area (Å²) in [4.78, 5) is 10.9. The molecule has 5 heteroatoms. The van der Waals surface area contributed by atoms with Crippen LogP contribution in [0.4, 0.5) is 0 Å². The SMILES string of the molecule is COB(O)c1cc(C(N)=O)ccc1C. The van der Waals surface area contributed by atoms with Gasteiger partial charge in [0, 0.05) is 12.7 Å². The monoisotopic (exact) mass is 193 g/mol. The van der Waals surface area contributed by atoms with Gasteiger partial charge in [-0.05, 0) is 24.5 Å². The summed E-state index contributed by atoms with van der Waals surface area (Å²) in [6.07, 6.45) is 0. The lowest BCUT2D eigenvalue weighted by molar-refractivity contribution is 0.100. The van der Waals surface area contributed by atoms with E-state index in [-0.39, 0.29) is 0 Å². The predicted octanol–water partition coefficient (Wildman–Crippen LogP) is -0.572. The van der Waals surface area contributed by atoms with Crippen LogP contribution in [-0.2, 0) is 4.65 Å². The summed E-state index contributed by atoms with van der Waals surface area (Å²) < 4.78 is 4.76. The molecule has 0 spiro atoms. The number of primary amides is 1. The zero-order chi connectivity index (χ0) is 10.7. The third-order valence-electron chi connectivity index (χ3n) is 2.05. The molecular weight excluding hydrogens is 181 g/mol.